The smallest absolute Gasteiger partial charge is 0.274 e. The number of amides is 1. The zero-order valence-corrected chi connectivity index (χ0v) is 12.4. The van der Waals surface area contributed by atoms with E-state index >= 15 is 0 Å². The Bertz CT molecular complexity index is 690. The van der Waals surface area contributed by atoms with Crippen LogP contribution in [0, 0.1) is 6.92 Å². The van der Waals surface area contributed by atoms with Crippen LogP contribution in [0.1, 0.15) is 46.2 Å². The molecule has 1 amide bonds. The number of fused-ring (bicyclic) bond motifs is 1. The number of hydrogen-bond donors (Lipinski definition) is 2. The van der Waals surface area contributed by atoms with Gasteiger partial charge in [-0.25, -0.2) is 0 Å². The van der Waals surface area contributed by atoms with E-state index < -0.39 is 0 Å². The van der Waals surface area contributed by atoms with Crippen LogP contribution in [0.4, 0.5) is 5.69 Å². The number of aromatic nitrogens is 2. The van der Waals surface area contributed by atoms with Crippen molar-refractivity contribution in [3.8, 4) is 0 Å². The van der Waals surface area contributed by atoms with Crippen molar-refractivity contribution in [2.75, 3.05) is 5.73 Å². The minimum absolute atomic E-state index is 0.0455. The molecule has 21 heavy (non-hydrogen) atoms. The van der Waals surface area contributed by atoms with E-state index in [1.54, 1.807) is 11.7 Å². The highest BCUT2D eigenvalue weighted by Gasteiger charge is 2.24. The molecular weight excluding hydrogens is 264 g/mol. The van der Waals surface area contributed by atoms with Gasteiger partial charge in [0, 0.05) is 7.05 Å². The lowest BCUT2D eigenvalue weighted by molar-refractivity contribution is 0.0928. The highest BCUT2D eigenvalue weighted by molar-refractivity contribution is 5.97. The monoisotopic (exact) mass is 284 g/mol. The molecule has 1 aromatic heterocycles. The molecule has 0 fully saturated rings. The number of nitrogen functional groups attached to an aromatic ring is 1. The van der Waals surface area contributed by atoms with Gasteiger partial charge in [-0.2, -0.15) is 5.10 Å². The second-order valence-electron chi connectivity index (χ2n) is 5.59. The van der Waals surface area contributed by atoms with Crippen molar-refractivity contribution in [3.63, 3.8) is 0 Å². The van der Waals surface area contributed by atoms with Gasteiger partial charge in [0.1, 0.15) is 0 Å². The van der Waals surface area contributed by atoms with Crippen molar-refractivity contribution < 1.29 is 4.79 Å². The van der Waals surface area contributed by atoms with Gasteiger partial charge in [-0.15, -0.1) is 0 Å². The van der Waals surface area contributed by atoms with Crippen molar-refractivity contribution >= 4 is 11.6 Å². The van der Waals surface area contributed by atoms with Gasteiger partial charge in [0.2, 0.25) is 0 Å². The molecule has 0 saturated heterocycles. The average Bonchev–Trinajstić information content (AvgIpc) is 2.75. The first kappa shape index (κ1) is 13.7. The molecule has 5 heteroatoms. The molecule has 5 nitrogen and oxygen atoms in total. The fourth-order valence-electron chi connectivity index (χ4n) is 2.92. The van der Waals surface area contributed by atoms with Gasteiger partial charge in [-0.3, -0.25) is 9.48 Å². The first-order chi connectivity index (χ1) is 10.1. The van der Waals surface area contributed by atoms with Gasteiger partial charge in [0.05, 0.1) is 17.4 Å². The zero-order valence-electron chi connectivity index (χ0n) is 12.4. The third kappa shape index (κ3) is 2.39. The predicted molar refractivity (Wildman–Crippen MR) is 81.9 cm³/mol. The summed E-state index contributed by atoms with van der Waals surface area (Å²) in [6, 6.07) is 8.33. The minimum Gasteiger partial charge on any atom is -0.395 e. The van der Waals surface area contributed by atoms with E-state index in [0.717, 1.165) is 25.0 Å². The Hall–Kier alpha value is -2.30. The summed E-state index contributed by atoms with van der Waals surface area (Å²) in [5.41, 5.74) is 10.1. The molecule has 3 rings (SSSR count). The lowest BCUT2D eigenvalue weighted by Gasteiger charge is -2.26. The molecule has 0 aliphatic heterocycles. The molecule has 1 aliphatic rings. The van der Waals surface area contributed by atoms with Crippen LogP contribution in [0.3, 0.4) is 0 Å². The molecular formula is C16H20N4O. The van der Waals surface area contributed by atoms with Crippen molar-refractivity contribution in [2.24, 2.45) is 7.05 Å². The Morgan fingerprint density at radius 2 is 2.19 bits per heavy atom. The summed E-state index contributed by atoms with van der Waals surface area (Å²) in [5.74, 6) is -0.196. The van der Waals surface area contributed by atoms with Gasteiger partial charge >= 0.3 is 0 Å². The Morgan fingerprint density at radius 1 is 1.43 bits per heavy atom. The van der Waals surface area contributed by atoms with Crippen molar-refractivity contribution in [3.05, 3.63) is 46.8 Å². The van der Waals surface area contributed by atoms with E-state index in [9.17, 15) is 4.79 Å². The quantitative estimate of drug-likeness (QED) is 0.887. The summed E-state index contributed by atoms with van der Waals surface area (Å²) in [6.45, 7) is 1.86. The standard InChI is InChI=1S/C16H20N4O/c1-10-14(17)15(19-20(10)2)16(21)18-13-9-5-7-11-6-3-4-8-12(11)13/h3-4,6,8,13H,5,7,9,17H2,1-2H3,(H,18,21)/t13-/m0/s1. The van der Waals surface area contributed by atoms with Crippen LogP contribution < -0.4 is 11.1 Å². The molecule has 0 saturated carbocycles. The van der Waals surface area contributed by atoms with Crippen LogP contribution in [-0.4, -0.2) is 15.7 Å². The number of nitrogens with two attached hydrogens (primary N) is 1. The van der Waals surface area contributed by atoms with E-state index in [1.807, 2.05) is 19.1 Å². The van der Waals surface area contributed by atoms with Crippen LogP contribution in [0.2, 0.25) is 0 Å². The average molecular weight is 284 g/mol. The highest BCUT2D eigenvalue weighted by Crippen LogP contribution is 2.30. The number of aryl methyl sites for hydroxylation is 2. The number of nitrogens with zero attached hydrogens (tertiary/aromatic N) is 2. The normalized spacial score (nSPS) is 17.3. The fourth-order valence-corrected chi connectivity index (χ4v) is 2.92. The predicted octanol–water partition coefficient (Wildman–Crippen LogP) is 2.12. The third-order valence-corrected chi connectivity index (χ3v) is 4.27. The van der Waals surface area contributed by atoms with Gasteiger partial charge in [0.25, 0.3) is 5.91 Å². The first-order valence-electron chi connectivity index (χ1n) is 7.25. The van der Waals surface area contributed by atoms with E-state index in [4.69, 9.17) is 5.73 Å². The topological polar surface area (TPSA) is 72.9 Å². The molecule has 0 unspecified atom stereocenters. The summed E-state index contributed by atoms with van der Waals surface area (Å²) in [6.07, 6.45) is 3.11. The van der Waals surface area contributed by atoms with Crippen molar-refractivity contribution in [1.82, 2.24) is 15.1 Å². The number of rotatable bonds is 2. The largest absolute Gasteiger partial charge is 0.395 e. The van der Waals surface area contributed by atoms with Crippen LogP contribution in [0.15, 0.2) is 24.3 Å². The summed E-state index contributed by atoms with van der Waals surface area (Å²) < 4.78 is 1.64. The number of hydrogen-bond acceptors (Lipinski definition) is 3. The maximum Gasteiger partial charge on any atom is 0.274 e. The SMILES string of the molecule is Cc1c(N)c(C(=O)N[C@H]2CCCc3ccccc32)nn1C. The molecule has 110 valence electrons. The summed E-state index contributed by atoms with van der Waals surface area (Å²) in [4.78, 5) is 12.4. The number of anilines is 1. The number of benzene rings is 1. The second kappa shape index (κ2) is 5.24. The molecule has 0 bridgehead atoms. The molecule has 1 aliphatic carbocycles. The molecule has 1 heterocycles. The van der Waals surface area contributed by atoms with Gasteiger partial charge in [-0.05, 0) is 37.3 Å². The molecule has 2 aromatic rings. The molecule has 3 N–H and O–H groups in total. The van der Waals surface area contributed by atoms with Gasteiger partial charge < -0.3 is 11.1 Å². The van der Waals surface area contributed by atoms with Crippen LogP contribution >= 0.6 is 0 Å². The molecule has 0 spiro atoms. The van der Waals surface area contributed by atoms with Crippen LogP contribution in [-0.2, 0) is 13.5 Å². The lowest BCUT2D eigenvalue weighted by atomic mass is 9.87. The summed E-state index contributed by atoms with van der Waals surface area (Å²) >= 11 is 0. The molecule has 1 atom stereocenters. The number of carbonyl (C=O) groups excluding carboxylic acids is 1. The van der Waals surface area contributed by atoms with Crippen LogP contribution in [0.5, 0.6) is 0 Å². The minimum atomic E-state index is -0.196. The molecule has 0 radical (unpaired) electrons. The number of carbonyl (C=O) groups is 1. The molecule has 1 aromatic carbocycles. The summed E-state index contributed by atoms with van der Waals surface area (Å²) in [5, 5.41) is 7.29. The second-order valence-corrected chi connectivity index (χ2v) is 5.59. The van der Waals surface area contributed by atoms with E-state index in [2.05, 4.69) is 22.5 Å². The zero-order chi connectivity index (χ0) is 15.0. The summed E-state index contributed by atoms with van der Waals surface area (Å²) in [7, 11) is 1.79. The Morgan fingerprint density at radius 3 is 2.90 bits per heavy atom. The highest BCUT2D eigenvalue weighted by atomic mass is 16.2. The Balaban J connectivity index is 1.84. The fraction of sp³-hybridized carbons (Fsp3) is 0.375. The maximum atomic E-state index is 12.4. The third-order valence-electron chi connectivity index (χ3n) is 4.27. The van der Waals surface area contributed by atoms with Gasteiger partial charge in [-0.1, -0.05) is 24.3 Å². The Labute approximate surface area is 124 Å². The van der Waals surface area contributed by atoms with E-state index in [-0.39, 0.29) is 11.9 Å². The van der Waals surface area contributed by atoms with E-state index in [1.165, 1.54) is 11.1 Å². The van der Waals surface area contributed by atoms with Gasteiger partial charge in [0.15, 0.2) is 5.69 Å². The maximum absolute atomic E-state index is 12.4. The Kier molecular flexibility index (Phi) is 3.41. The first-order valence-corrected chi connectivity index (χ1v) is 7.25. The van der Waals surface area contributed by atoms with E-state index in [0.29, 0.717) is 11.4 Å². The van der Waals surface area contributed by atoms with Crippen molar-refractivity contribution in [1.29, 1.82) is 0 Å². The number of nitrogens with one attached hydrogen (secondary N) is 1. The van der Waals surface area contributed by atoms with Crippen molar-refractivity contribution in [2.45, 2.75) is 32.2 Å². The lowest BCUT2D eigenvalue weighted by Crippen LogP contribution is -2.31. The van der Waals surface area contributed by atoms with Crippen LogP contribution in [0.25, 0.3) is 0 Å².